The number of carboxylic acid groups (broad SMARTS) is 1. The lowest BCUT2D eigenvalue weighted by atomic mass is 9.78. The van der Waals surface area contributed by atoms with Gasteiger partial charge in [0.1, 0.15) is 10.4 Å². The molecule has 0 radical (unpaired) electrons. The predicted octanol–water partition coefficient (Wildman–Crippen LogP) is 1.65. The molecule has 4 atom stereocenters. The summed E-state index contributed by atoms with van der Waals surface area (Å²) in [5, 5.41) is 23.3. The number of nitrogens with one attached hydrogen (secondary N) is 1. The Bertz CT molecular complexity index is 885. The number of hydrogen-bond acceptors (Lipinski definition) is 7. The molecule has 0 spiro atoms. The molecule has 2 fully saturated rings. The lowest BCUT2D eigenvalue weighted by molar-refractivity contribution is -0.153. The minimum atomic E-state index is -1.05. The summed E-state index contributed by atoms with van der Waals surface area (Å²) >= 11 is 3.21. The maximum atomic E-state index is 13.4. The molecule has 1 aromatic carbocycles. The second kappa shape index (κ2) is 9.15. The van der Waals surface area contributed by atoms with Crippen LogP contribution in [-0.4, -0.2) is 68.5 Å². The number of rotatable bonds is 9. The monoisotopic (exact) mass is 463 g/mol. The van der Waals surface area contributed by atoms with Crippen molar-refractivity contribution in [3.63, 3.8) is 0 Å². The van der Waals surface area contributed by atoms with Crippen LogP contribution in [-0.2, 0) is 16.1 Å². The van der Waals surface area contributed by atoms with Gasteiger partial charge in [0.05, 0.1) is 6.04 Å². The van der Waals surface area contributed by atoms with Gasteiger partial charge < -0.3 is 21.3 Å². The maximum absolute atomic E-state index is 13.4. The molecule has 168 valence electrons. The minimum absolute atomic E-state index is 0.0759. The normalized spacial score (nSPS) is 30.0. The van der Waals surface area contributed by atoms with E-state index in [2.05, 4.69) is 5.32 Å². The van der Waals surface area contributed by atoms with Crippen molar-refractivity contribution in [3.05, 3.63) is 41.1 Å². The van der Waals surface area contributed by atoms with Crippen LogP contribution in [0.2, 0.25) is 0 Å². The molecule has 1 aromatic rings. The molecule has 7 nitrogen and oxygen atoms in total. The van der Waals surface area contributed by atoms with E-state index in [9.17, 15) is 19.8 Å². The Balaban J connectivity index is 1.58. The average Bonchev–Trinajstić information content (AvgIpc) is 3.36. The van der Waals surface area contributed by atoms with Gasteiger partial charge in [-0.05, 0) is 42.7 Å². The zero-order valence-electron chi connectivity index (χ0n) is 17.5. The molecule has 9 heteroatoms. The Morgan fingerprint density at radius 2 is 2.10 bits per heavy atom. The predicted molar refractivity (Wildman–Crippen MR) is 123 cm³/mol. The SMILES string of the molecule is C[C@@H]1C(CSc2ccc(CN)cc2)=C(C(=O)O)N2C(=O)C(CCO)(SC3CCNC3)[C@H]12. The van der Waals surface area contributed by atoms with E-state index in [1.54, 1.807) is 23.5 Å². The van der Waals surface area contributed by atoms with Crippen LogP contribution in [0.15, 0.2) is 40.4 Å². The number of amides is 1. The van der Waals surface area contributed by atoms with Gasteiger partial charge in [0, 0.05) is 41.5 Å². The summed E-state index contributed by atoms with van der Waals surface area (Å²) in [6.45, 7) is 4.18. The van der Waals surface area contributed by atoms with Gasteiger partial charge in [-0.2, -0.15) is 0 Å². The van der Waals surface area contributed by atoms with E-state index in [0.717, 1.165) is 35.5 Å². The Morgan fingerprint density at radius 3 is 2.68 bits per heavy atom. The van der Waals surface area contributed by atoms with Crippen molar-refractivity contribution in [3.8, 4) is 0 Å². The molecule has 0 aliphatic carbocycles. The first-order chi connectivity index (χ1) is 14.9. The number of nitrogens with zero attached hydrogens (tertiary/aromatic N) is 1. The molecule has 0 bridgehead atoms. The second-order valence-corrected chi connectivity index (χ2v) is 11.0. The number of carbonyl (C=O) groups is 2. The largest absolute Gasteiger partial charge is 0.477 e. The molecular formula is C22H29N3O4S2. The molecule has 1 amide bonds. The van der Waals surface area contributed by atoms with Crippen molar-refractivity contribution in [2.24, 2.45) is 11.7 Å². The second-order valence-electron chi connectivity index (χ2n) is 8.32. The fourth-order valence-corrected chi connectivity index (χ4v) is 7.92. The van der Waals surface area contributed by atoms with Crippen LogP contribution in [0.25, 0.3) is 0 Å². The number of benzene rings is 1. The van der Waals surface area contributed by atoms with E-state index < -0.39 is 10.7 Å². The Hall–Kier alpha value is -1.52. The van der Waals surface area contributed by atoms with Crippen LogP contribution in [0.4, 0.5) is 0 Å². The van der Waals surface area contributed by atoms with E-state index in [4.69, 9.17) is 5.73 Å². The highest BCUT2D eigenvalue weighted by molar-refractivity contribution is 8.02. The fraction of sp³-hybridized carbons (Fsp3) is 0.545. The highest BCUT2D eigenvalue weighted by Gasteiger charge is 2.68. The van der Waals surface area contributed by atoms with Crippen LogP contribution >= 0.6 is 23.5 Å². The molecule has 2 saturated heterocycles. The summed E-state index contributed by atoms with van der Waals surface area (Å²) in [6.07, 6.45) is 1.33. The minimum Gasteiger partial charge on any atom is -0.477 e. The van der Waals surface area contributed by atoms with Crippen molar-refractivity contribution in [1.29, 1.82) is 0 Å². The molecule has 0 aromatic heterocycles. The Morgan fingerprint density at radius 1 is 1.35 bits per heavy atom. The summed E-state index contributed by atoms with van der Waals surface area (Å²) < 4.78 is -0.749. The van der Waals surface area contributed by atoms with Gasteiger partial charge in [-0.15, -0.1) is 23.5 Å². The quantitative estimate of drug-likeness (QED) is 0.323. The van der Waals surface area contributed by atoms with Crippen molar-refractivity contribution in [2.45, 2.75) is 47.2 Å². The van der Waals surface area contributed by atoms with Gasteiger partial charge in [-0.3, -0.25) is 9.69 Å². The van der Waals surface area contributed by atoms with Gasteiger partial charge in [-0.1, -0.05) is 19.1 Å². The average molecular weight is 464 g/mol. The lowest BCUT2D eigenvalue weighted by Crippen LogP contribution is -2.72. The number of aliphatic carboxylic acids is 1. The first kappa shape index (κ1) is 22.7. The first-order valence-electron chi connectivity index (χ1n) is 10.6. The third-order valence-electron chi connectivity index (χ3n) is 6.54. The number of carboxylic acids is 1. The van der Waals surface area contributed by atoms with Gasteiger partial charge in [0.25, 0.3) is 0 Å². The third kappa shape index (κ3) is 3.91. The smallest absolute Gasteiger partial charge is 0.352 e. The summed E-state index contributed by atoms with van der Waals surface area (Å²) in [6, 6.07) is 7.71. The number of aliphatic hydroxyl groups is 1. The van der Waals surface area contributed by atoms with Gasteiger partial charge >= 0.3 is 5.97 Å². The van der Waals surface area contributed by atoms with Crippen LogP contribution < -0.4 is 11.1 Å². The maximum Gasteiger partial charge on any atom is 0.352 e. The van der Waals surface area contributed by atoms with E-state index >= 15 is 0 Å². The summed E-state index contributed by atoms with van der Waals surface area (Å²) in [4.78, 5) is 28.0. The summed E-state index contributed by atoms with van der Waals surface area (Å²) in [7, 11) is 0. The first-order valence-corrected chi connectivity index (χ1v) is 12.5. The molecule has 3 aliphatic heterocycles. The van der Waals surface area contributed by atoms with Crippen molar-refractivity contribution in [2.75, 3.05) is 25.4 Å². The van der Waals surface area contributed by atoms with Crippen LogP contribution in [0, 0.1) is 5.92 Å². The molecule has 3 aliphatic rings. The number of β-lactam (4-membered cyclic amide) rings is 1. The molecule has 31 heavy (non-hydrogen) atoms. The number of thioether (sulfide) groups is 2. The van der Waals surface area contributed by atoms with Crippen molar-refractivity contribution in [1.82, 2.24) is 10.2 Å². The summed E-state index contributed by atoms with van der Waals surface area (Å²) in [5.74, 6) is -0.787. The summed E-state index contributed by atoms with van der Waals surface area (Å²) in [5.41, 5.74) is 7.64. The zero-order chi connectivity index (χ0) is 22.2. The lowest BCUT2D eigenvalue weighted by Gasteiger charge is -2.55. The number of carbonyl (C=O) groups excluding carboxylic acids is 1. The number of nitrogens with two attached hydrogens (primary N) is 1. The van der Waals surface area contributed by atoms with Gasteiger partial charge in [0.2, 0.25) is 5.91 Å². The fourth-order valence-electron chi connectivity index (χ4n) is 4.98. The molecule has 3 heterocycles. The Kier molecular flexibility index (Phi) is 6.69. The van der Waals surface area contributed by atoms with Crippen LogP contribution in [0.5, 0.6) is 0 Å². The van der Waals surface area contributed by atoms with Crippen LogP contribution in [0.3, 0.4) is 0 Å². The van der Waals surface area contributed by atoms with Crippen molar-refractivity contribution < 1.29 is 19.8 Å². The molecule has 0 saturated carbocycles. The molecule has 5 N–H and O–H groups in total. The third-order valence-corrected chi connectivity index (χ3v) is 9.37. The zero-order valence-corrected chi connectivity index (χ0v) is 19.2. The highest BCUT2D eigenvalue weighted by Crippen LogP contribution is 2.57. The van der Waals surface area contributed by atoms with Gasteiger partial charge in [-0.25, -0.2) is 4.79 Å². The van der Waals surface area contributed by atoms with Crippen molar-refractivity contribution >= 4 is 35.4 Å². The van der Waals surface area contributed by atoms with E-state index in [0.29, 0.717) is 24.0 Å². The standard InChI is InChI=1S/C22H29N3O4S2/c1-13-17(12-30-15-4-2-14(10-23)3-5-15)18(20(27)28)25-19(13)22(7-9-26,21(25)29)31-16-6-8-24-11-16/h2-5,13,16,19,24,26H,6-12,23H2,1H3,(H,27,28)/t13-,16?,19+,22?/m1/s1. The number of aliphatic hydroxyl groups excluding tert-OH is 1. The van der Waals surface area contributed by atoms with E-state index in [1.165, 1.54) is 4.90 Å². The Labute approximate surface area is 190 Å². The van der Waals surface area contributed by atoms with E-state index in [1.807, 2.05) is 31.2 Å². The molecule has 4 rings (SSSR count). The topological polar surface area (TPSA) is 116 Å². The highest BCUT2D eigenvalue weighted by atomic mass is 32.2. The molecular weight excluding hydrogens is 434 g/mol. The van der Waals surface area contributed by atoms with Gasteiger partial charge in [0.15, 0.2) is 0 Å². The van der Waals surface area contributed by atoms with Crippen LogP contribution in [0.1, 0.15) is 25.3 Å². The number of hydrogen-bond donors (Lipinski definition) is 4. The van der Waals surface area contributed by atoms with E-state index in [-0.39, 0.29) is 30.2 Å². The number of fused-ring (bicyclic) bond motifs is 1. The molecule has 2 unspecified atom stereocenters.